The van der Waals surface area contributed by atoms with Crippen LogP contribution in [0.5, 0.6) is 0 Å². The maximum atomic E-state index is 14.7. The van der Waals surface area contributed by atoms with Crippen molar-refractivity contribution in [3.8, 4) is 11.3 Å². The molecule has 4 heterocycles. The quantitative estimate of drug-likeness (QED) is 0.303. The number of rotatable bonds is 7. The number of carbonyl (C=O) groups excluding carboxylic acids is 2. The van der Waals surface area contributed by atoms with E-state index in [1.165, 1.54) is 6.20 Å². The van der Waals surface area contributed by atoms with Crippen LogP contribution in [0.3, 0.4) is 0 Å². The molecular formula is C27H23ClF3N7O2. The zero-order valence-electron chi connectivity index (χ0n) is 21.4. The Hall–Kier alpha value is -4.32. The van der Waals surface area contributed by atoms with Gasteiger partial charge in [0.25, 0.3) is 12.3 Å². The van der Waals surface area contributed by atoms with E-state index in [9.17, 15) is 22.8 Å². The summed E-state index contributed by atoms with van der Waals surface area (Å²) >= 11 is 5.80. The van der Waals surface area contributed by atoms with Crippen LogP contribution in [0.2, 0.25) is 5.02 Å². The van der Waals surface area contributed by atoms with Gasteiger partial charge in [0.1, 0.15) is 5.69 Å². The van der Waals surface area contributed by atoms with Crippen molar-refractivity contribution in [2.24, 2.45) is 0 Å². The number of benzene rings is 1. The maximum Gasteiger partial charge on any atom is 0.275 e. The van der Waals surface area contributed by atoms with Gasteiger partial charge in [0.15, 0.2) is 5.82 Å². The highest BCUT2D eigenvalue weighted by Gasteiger charge is 2.25. The monoisotopic (exact) mass is 569 g/mol. The van der Waals surface area contributed by atoms with Gasteiger partial charge in [-0.3, -0.25) is 24.2 Å². The van der Waals surface area contributed by atoms with Crippen LogP contribution >= 0.6 is 11.6 Å². The van der Waals surface area contributed by atoms with Crippen molar-refractivity contribution in [3.05, 3.63) is 82.5 Å². The number of alkyl halides is 2. The molecule has 1 atom stereocenters. The largest absolute Gasteiger partial charge is 0.318 e. The summed E-state index contributed by atoms with van der Waals surface area (Å²) in [6.07, 6.45) is 3.60. The third kappa shape index (κ3) is 5.26. The summed E-state index contributed by atoms with van der Waals surface area (Å²) in [5.74, 6) is -1.69. The minimum absolute atomic E-state index is 0.0838. The fourth-order valence-corrected chi connectivity index (χ4v) is 4.70. The Balaban J connectivity index is 1.33. The maximum absolute atomic E-state index is 14.7. The molecule has 4 aromatic rings. The van der Waals surface area contributed by atoms with Gasteiger partial charge >= 0.3 is 0 Å². The van der Waals surface area contributed by atoms with Crippen LogP contribution in [-0.4, -0.2) is 43.1 Å². The molecule has 0 radical (unpaired) electrons. The molecule has 1 aliphatic heterocycles. The summed E-state index contributed by atoms with van der Waals surface area (Å²) < 4.78 is 43.3. The highest BCUT2D eigenvalue weighted by molar-refractivity contribution is 6.31. The van der Waals surface area contributed by atoms with Gasteiger partial charge in [0.2, 0.25) is 5.91 Å². The predicted octanol–water partition coefficient (Wildman–Crippen LogP) is 5.76. The lowest BCUT2D eigenvalue weighted by Crippen LogP contribution is -2.25. The van der Waals surface area contributed by atoms with E-state index in [2.05, 4.69) is 25.4 Å². The smallest absolute Gasteiger partial charge is 0.275 e. The minimum atomic E-state index is -2.99. The Morgan fingerprint density at radius 3 is 2.62 bits per heavy atom. The molecule has 40 heavy (non-hydrogen) atoms. The van der Waals surface area contributed by atoms with Crippen LogP contribution in [-0.2, 0) is 4.79 Å². The van der Waals surface area contributed by atoms with Crippen molar-refractivity contribution in [2.45, 2.75) is 39.2 Å². The fraction of sp³-hybridized carbons (Fsp3) is 0.259. The molecule has 0 aliphatic carbocycles. The highest BCUT2D eigenvalue weighted by atomic mass is 35.5. The van der Waals surface area contributed by atoms with Gasteiger partial charge in [-0.1, -0.05) is 17.7 Å². The Bertz CT molecular complexity index is 1610. The van der Waals surface area contributed by atoms with Gasteiger partial charge in [-0.15, -0.1) is 0 Å². The summed E-state index contributed by atoms with van der Waals surface area (Å²) in [4.78, 5) is 39.3. The number of aromatic nitrogens is 5. The van der Waals surface area contributed by atoms with E-state index in [1.807, 2.05) is 26.0 Å². The first-order valence-electron chi connectivity index (χ1n) is 12.4. The number of nitrogens with zero attached hydrogens (tertiary/aromatic N) is 6. The van der Waals surface area contributed by atoms with Crippen molar-refractivity contribution < 1.29 is 22.8 Å². The number of halogens is 4. The molecule has 1 unspecified atom stereocenters. The number of hydrogen-bond acceptors (Lipinski definition) is 6. The lowest BCUT2D eigenvalue weighted by Gasteiger charge is -2.19. The molecule has 1 aliphatic rings. The molecule has 206 valence electrons. The Kier molecular flexibility index (Phi) is 7.53. The molecule has 2 amide bonds. The van der Waals surface area contributed by atoms with Gasteiger partial charge in [0, 0.05) is 30.3 Å². The summed E-state index contributed by atoms with van der Waals surface area (Å²) in [6.45, 7) is 4.41. The van der Waals surface area contributed by atoms with Crippen molar-refractivity contribution in [1.82, 2.24) is 24.7 Å². The van der Waals surface area contributed by atoms with Crippen molar-refractivity contribution >= 4 is 34.8 Å². The molecule has 9 nitrogen and oxygen atoms in total. The van der Waals surface area contributed by atoms with Crippen LogP contribution in [0.4, 0.5) is 24.5 Å². The van der Waals surface area contributed by atoms with E-state index < -0.39 is 29.3 Å². The third-order valence-electron chi connectivity index (χ3n) is 6.61. The normalized spacial score (nSPS) is 14.2. The number of pyridine rings is 1. The SMILES string of the molecule is Cc1nc(C(C)n2cc(NC(=O)c3cncc(-c4c(C(F)F)ccc(Cl)c4F)n3)cn2)ccc1N1CCCC1=O. The van der Waals surface area contributed by atoms with Gasteiger partial charge in [0.05, 0.1) is 58.1 Å². The molecule has 3 aromatic heterocycles. The predicted molar refractivity (Wildman–Crippen MR) is 142 cm³/mol. The number of anilines is 2. The topological polar surface area (TPSA) is 106 Å². The first-order chi connectivity index (χ1) is 19.1. The van der Waals surface area contributed by atoms with E-state index >= 15 is 0 Å². The van der Waals surface area contributed by atoms with Gasteiger partial charge < -0.3 is 10.2 Å². The summed E-state index contributed by atoms with van der Waals surface area (Å²) in [5, 5.41) is 6.58. The molecule has 5 rings (SSSR count). The van der Waals surface area contributed by atoms with E-state index in [1.54, 1.807) is 15.8 Å². The van der Waals surface area contributed by atoms with E-state index in [0.717, 1.165) is 42.3 Å². The van der Waals surface area contributed by atoms with Crippen LogP contribution in [0.15, 0.2) is 49.1 Å². The van der Waals surface area contributed by atoms with Crippen LogP contribution in [0, 0.1) is 12.7 Å². The van der Waals surface area contributed by atoms with Crippen molar-refractivity contribution in [2.75, 3.05) is 16.8 Å². The second-order valence-electron chi connectivity index (χ2n) is 9.24. The van der Waals surface area contributed by atoms with Crippen molar-refractivity contribution in [3.63, 3.8) is 0 Å². The summed E-state index contributed by atoms with van der Waals surface area (Å²) in [6, 6.07) is 5.45. The van der Waals surface area contributed by atoms with Gasteiger partial charge in [-0.25, -0.2) is 18.2 Å². The average Bonchev–Trinajstić information content (AvgIpc) is 3.58. The molecule has 0 spiro atoms. The van der Waals surface area contributed by atoms with E-state index in [0.29, 0.717) is 24.3 Å². The molecule has 1 saturated heterocycles. The second-order valence-corrected chi connectivity index (χ2v) is 9.65. The number of nitrogens with one attached hydrogen (secondary N) is 1. The Morgan fingerprint density at radius 2 is 1.93 bits per heavy atom. The van der Waals surface area contributed by atoms with E-state index in [4.69, 9.17) is 11.6 Å². The lowest BCUT2D eigenvalue weighted by atomic mass is 10.0. The first kappa shape index (κ1) is 27.3. The Labute approximate surface area is 232 Å². The highest BCUT2D eigenvalue weighted by Crippen LogP contribution is 2.35. The van der Waals surface area contributed by atoms with Crippen LogP contribution in [0.1, 0.15) is 59.7 Å². The van der Waals surface area contributed by atoms with Gasteiger partial charge in [-0.05, 0) is 38.5 Å². The molecular weight excluding hydrogens is 547 g/mol. The average molecular weight is 570 g/mol. The first-order valence-corrected chi connectivity index (χ1v) is 12.7. The molecule has 0 bridgehead atoms. The fourth-order valence-electron chi connectivity index (χ4n) is 4.54. The minimum Gasteiger partial charge on any atom is -0.318 e. The molecule has 1 fully saturated rings. The second kappa shape index (κ2) is 11.0. The van der Waals surface area contributed by atoms with Crippen LogP contribution in [0.25, 0.3) is 11.3 Å². The number of hydrogen-bond donors (Lipinski definition) is 1. The van der Waals surface area contributed by atoms with E-state index in [-0.39, 0.29) is 28.4 Å². The number of amides is 2. The van der Waals surface area contributed by atoms with Gasteiger partial charge in [-0.2, -0.15) is 5.10 Å². The van der Waals surface area contributed by atoms with Crippen LogP contribution < -0.4 is 10.2 Å². The molecule has 1 aromatic carbocycles. The lowest BCUT2D eigenvalue weighted by molar-refractivity contribution is -0.117. The summed E-state index contributed by atoms with van der Waals surface area (Å²) in [7, 11) is 0. The number of carbonyl (C=O) groups is 2. The molecule has 1 N–H and O–H groups in total. The Morgan fingerprint density at radius 1 is 1.12 bits per heavy atom. The zero-order valence-corrected chi connectivity index (χ0v) is 22.2. The number of aryl methyl sites for hydroxylation is 1. The standard InChI is InChI=1S/C27H23ClF3N7O2/c1-14-22(37-9-3-4-23(37)39)8-7-19(34-14)15(2)38-13-16(10-33-38)35-27(40)21-12-32-11-20(36-21)24-17(26(30)31)5-6-18(28)25(24)29/h5-8,10-13,15,26H,3-4,9H2,1-2H3,(H,35,40). The van der Waals surface area contributed by atoms with Crippen molar-refractivity contribution in [1.29, 1.82) is 0 Å². The molecule has 13 heteroatoms. The third-order valence-corrected chi connectivity index (χ3v) is 6.91. The molecule has 0 saturated carbocycles. The zero-order chi connectivity index (χ0) is 28.6. The summed E-state index contributed by atoms with van der Waals surface area (Å²) in [5.41, 5.74) is 0.948.